The number of rotatable bonds is 10. The summed E-state index contributed by atoms with van der Waals surface area (Å²) >= 11 is 5.19. The Bertz CT molecular complexity index is 518. The maximum absolute atomic E-state index is 11.9. The van der Waals surface area contributed by atoms with Gasteiger partial charge < -0.3 is 10.2 Å². The molecule has 0 bridgehead atoms. The van der Waals surface area contributed by atoms with Gasteiger partial charge in [-0.25, -0.2) is 0 Å². The fourth-order valence-electron chi connectivity index (χ4n) is 2.92. The van der Waals surface area contributed by atoms with Gasteiger partial charge in [-0.05, 0) is 50.7 Å². The molecule has 0 spiro atoms. The first kappa shape index (κ1) is 19.3. The lowest BCUT2D eigenvalue weighted by Crippen LogP contribution is -2.29. The Balaban J connectivity index is 2.39. The topological polar surface area (TPSA) is 32.3 Å². The van der Waals surface area contributed by atoms with E-state index in [4.69, 9.17) is 12.2 Å². The highest BCUT2D eigenvalue weighted by atomic mass is 32.1. The Hall–Kier alpha value is -0.740. The Labute approximate surface area is 140 Å². The molecule has 0 fully saturated rings. The number of nitrogens with one attached hydrogen (secondary N) is 1. The Kier molecular flexibility index (Phi) is 7.70. The van der Waals surface area contributed by atoms with Gasteiger partial charge in [0.2, 0.25) is 5.43 Å². The average Bonchev–Trinajstić information content (AvgIpc) is 2.44. The van der Waals surface area contributed by atoms with Crippen molar-refractivity contribution in [3.8, 4) is 0 Å². The zero-order valence-corrected chi connectivity index (χ0v) is 15.7. The van der Waals surface area contributed by atoms with E-state index >= 15 is 0 Å². The van der Waals surface area contributed by atoms with E-state index in [1.165, 1.54) is 32.4 Å². The highest BCUT2D eigenvalue weighted by molar-refractivity contribution is 7.71. The summed E-state index contributed by atoms with van der Waals surface area (Å²) in [5.74, 6) is 0. The van der Waals surface area contributed by atoms with Crippen LogP contribution in [0.25, 0.3) is 0 Å². The molecule has 0 amide bonds. The molecule has 0 unspecified atom stereocenters. The van der Waals surface area contributed by atoms with Gasteiger partial charge in [-0.3, -0.25) is 4.79 Å². The van der Waals surface area contributed by atoms with Crippen molar-refractivity contribution < 1.29 is 0 Å². The molecule has 3 nitrogen and oxygen atoms in total. The number of hydrogen-bond acceptors (Lipinski definition) is 4. The second-order valence-corrected chi connectivity index (χ2v) is 7.54. The van der Waals surface area contributed by atoms with Gasteiger partial charge in [-0.2, -0.15) is 0 Å². The van der Waals surface area contributed by atoms with Crippen molar-refractivity contribution >= 4 is 17.9 Å². The minimum absolute atomic E-state index is 0.0264. The summed E-state index contributed by atoms with van der Waals surface area (Å²) in [7, 11) is 0. The summed E-state index contributed by atoms with van der Waals surface area (Å²) in [6.07, 6.45) is 4.69. The van der Waals surface area contributed by atoms with E-state index in [9.17, 15) is 4.79 Å². The monoisotopic (exact) mass is 324 g/mol. The lowest BCUT2D eigenvalue weighted by molar-refractivity contribution is 0.270. The van der Waals surface area contributed by atoms with Gasteiger partial charge in [0.1, 0.15) is 0 Å². The molecule has 1 N–H and O–H groups in total. The molecule has 1 aromatic rings. The van der Waals surface area contributed by atoms with E-state index in [0.29, 0.717) is 4.51 Å². The van der Waals surface area contributed by atoms with Crippen molar-refractivity contribution in [1.82, 2.24) is 4.90 Å². The molecule has 126 valence electrons. The summed E-state index contributed by atoms with van der Waals surface area (Å²) in [6.45, 7) is 15.2. The van der Waals surface area contributed by atoms with Crippen LogP contribution in [0.3, 0.4) is 0 Å². The van der Waals surface area contributed by atoms with Crippen LogP contribution in [0, 0.1) is 4.51 Å². The van der Waals surface area contributed by atoms with Gasteiger partial charge in [-0.15, -0.1) is 0 Å². The van der Waals surface area contributed by atoms with Crippen LogP contribution in [-0.4, -0.2) is 31.1 Å². The molecule has 0 aliphatic rings. The summed E-state index contributed by atoms with van der Waals surface area (Å²) in [4.78, 5) is 14.4. The van der Waals surface area contributed by atoms with Crippen molar-refractivity contribution in [3.05, 3.63) is 20.3 Å². The lowest BCUT2D eigenvalue weighted by Gasteiger charge is -2.26. The fourth-order valence-corrected chi connectivity index (χ4v) is 3.43. The first-order valence-electron chi connectivity index (χ1n) is 8.62. The average molecular weight is 325 g/mol. The van der Waals surface area contributed by atoms with Crippen molar-refractivity contribution in [2.75, 3.05) is 31.5 Å². The molecule has 0 saturated carbocycles. The highest BCUT2D eigenvalue weighted by Gasteiger charge is 2.27. The number of unbranched alkanes of at least 4 members (excludes halogenated alkanes) is 1. The molecular weight excluding hydrogens is 292 g/mol. The Morgan fingerprint density at radius 3 is 2.14 bits per heavy atom. The molecule has 0 aliphatic carbocycles. The van der Waals surface area contributed by atoms with E-state index in [1.54, 1.807) is 0 Å². The molecule has 0 saturated heterocycles. The first-order valence-corrected chi connectivity index (χ1v) is 9.03. The van der Waals surface area contributed by atoms with E-state index in [1.807, 2.05) is 0 Å². The van der Waals surface area contributed by atoms with Crippen molar-refractivity contribution in [2.45, 2.75) is 65.7 Å². The number of nitrogens with zero attached hydrogens (tertiary/aromatic N) is 1. The van der Waals surface area contributed by atoms with Crippen molar-refractivity contribution in [3.63, 3.8) is 0 Å². The number of hydrogen-bond donors (Lipinski definition) is 1. The van der Waals surface area contributed by atoms with Crippen molar-refractivity contribution in [2.24, 2.45) is 0 Å². The van der Waals surface area contributed by atoms with Crippen LogP contribution < -0.4 is 10.7 Å². The largest absolute Gasteiger partial charge is 0.382 e. The summed E-state index contributed by atoms with van der Waals surface area (Å²) in [5, 5.41) is 3.32. The van der Waals surface area contributed by atoms with Gasteiger partial charge in [-0.1, -0.05) is 46.8 Å². The van der Waals surface area contributed by atoms with Gasteiger partial charge in [0.25, 0.3) is 0 Å². The van der Waals surface area contributed by atoms with E-state index in [0.717, 1.165) is 30.8 Å². The van der Waals surface area contributed by atoms with Crippen LogP contribution in [0.1, 0.15) is 65.9 Å². The normalized spacial score (nSPS) is 12.3. The minimum Gasteiger partial charge on any atom is -0.382 e. The van der Waals surface area contributed by atoms with E-state index < -0.39 is 0 Å². The van der Waals surface area contributed by atoms with Crippen LogP contribution in [0.15, 0.2) is 4.79 Å². The smallest absolute Gasteiger partial charge is 0.220 e. The van der Waals surface area contributed by atoms with Crippen molar-refractivity contribution in [1.29, 1.82) is 0 Å². The molecule has 0 aromatic heterocycles. The third-order valence-corrected chi connectivity index (χ3v) is 4.33. The summed E-state index contributed by atoms with van der Waals surface area (Å²) < 4.78 is 0.520. The predicted octanol–water partition coefficient (Wildman–Crippen LogP) is 4.26. The molecule has 1 aromatic carbocycles. The van der Waals surface area contributed by atoms with Crippen LogP contribution in [-0.2, 0) is 5.41 Å². The molecule has 1 rings (SSSR count). The maximum Gasteiger partial charge on any atom is 0.220 e. The lowest BCUT2D eigenvalue weighted by atomic mass is 9.83. The molecule has 4 heteroatoms. The zero-order chi connectivity index (χ0) is 16.8. The minimum atomic E-state index is -0.0492. The Morgan fingerprint density at radius 1 is 1.05 bits per heavy atom. The van der Waals surface area contributed by atoms with Crippen LogP contribution in [0.5, 0.6) is 0 Å². The van der Waals surface area contributed by atoms with E-state index in [2.05, 4.69) is 44.8 Å². The zero-order valence-electron chi connectivity index (χ0n) is 14.9. The maximum atomic E-state index is 11.9. The molecule has 0 aliphatic heterocycles. The third-order valence-electron chi connectivity index (χ3n) is 3.94. The fraction of sp³-hybridized carbons (Fsp3) is 0.778. The molecule has 0 radical (unpaired) electrons. The van der Waals surface area contributed by atoms with Gasteiger partial charge in [0.15, 0.2) is 0 Å². The van der Waals surface area contributed by atoms with E-state index in [-0.39, 0.29) is 10.8 Å². The standard InChI is InChI=1S/C18H32N2OS/c1-6-11-20(12-7-2)13-9-8-10-19-15-14(18(3,4)5)17(22)16(15)21/h19H,6-13H2,1-5H3. The molecule has 22 heavy (non-hydrogen) atoms. The first-order chi connectivity index (χ1) is 10.3. The predicted molar refractivity (Wildman–Crippen MR) is 99.4 cm³/mol. The molecular formula is C18H32N2OS. The van der Waals surface area contributed by atoms with Gasteiger partial charge >= 0.3 is 0 Å². The van der Waals surface area contributed by atoms with Gasteiger partial charge in [0, 0.05) is 12.1 Å². The van der Waals surface area contributed by atoms with Crippen LogP contribution >= 0.6 is 12.2 Å². The summed E-state index contributed by atoms with van der Waals surface area (Å²) in [5.41, 5.74) is 1.77. The molecule has 0 heterocycles. The Morgan fingerprint density at radius 2 is 1.64 bits per heavy atom. The quantitative estimate of drug-likeness (QED) is 0.515. The number of anilines is 1. The van der Waals surface area contributed by atoms with Crippen LogP contribution in [0.2, 0.25) is 0 Å². The SMILES string of the molecule is CCCN(CCC)CCCCNc1c(C(C)(C)C)c(=S)c1=O. The van der Waals surface area contributed by atoms with Gasteiger partial charge in [0.05, 0.1) is 10.2 Å². The van der Waals surface area contributed by atoms with Crippen LogP contribution in [0.4, 0.5) is 5.69 Å². The second-order valence-electron chi connectivity index (χ2n) is 7.13. The third kappa shape index (κ3) is 5.17. The second kappa shape index (κ2) is 8.78. The molecule has 0 atom stereocenters. The highest BCUT2D eigenvalue weighted by Crippen LogP contribution is 2.30. The summed E-state index contributed by atoms with van der Waals surface area (Å²) in [6, 6.07) is 0.